The van der Waals surface area contributed by atoms with E-state index < -0.39 is 36.1 Å². The zero-order chi connectivity index (χ0) is 25.3. The standard InChI is InChI=1S/C25H18ClFN2O6/c1-13-9-20(21(34-2)11-19(13)26)28-22(30)12-35-25(33)14-3-8-17-18(10-14)24(32)29(23(17)31)16-6-4-15(27)5-7-16/h3-11H,12H2,1-2H3,(H,28,30). The van der Waals surface area contributed by atoms with Gasteiger partial charge in [0.25, 0.3) is 17.7 Å². The van der Waals surface area contributed by atoms with Crippen molar-refractivity contribution in [3.63, 3.8) is 0 Å². The van der Waals surface area contributed by atoms with Gasteiger partial charge in [-0.1, -0.05) is 11.6 Å². The lowest BCUT2D eigenvalue weighted by molar-refractivity contribution is -0.119. The third-order valence-corrected chi connectivity index (χ3v) is 5.70. The molecule has 10 heteroatoms. The average Bonchev–Trinajstić information content (AvgIpc) is 3.09. The van der Waals surface area contributed by atoms with Crippen LogP contribution in [0.25, 0.3) is 0 Å². The van der Waals surface area contributed by atoms with E-state index in [0.717, 1.165) is 17.0 Å². The van der Waals surface area contributed by atoms with Crippen molar-refractivity contribution in [1.29, 1.82) is 0 Å². The van der Waals surface area contributed by atoms with Crippen molar-refractivity contribution in [2.24, 2.45) is 0 Å². The number of aryl methyl sites for hydroxylation is 1. The number of hydrogen-bond acceptors (Lipinski definition) is 6. The summed E-state index contributed by atoms with van der Waals surface area (Å²) in [5.41, 5.74) is 1.35. The summed E-state index contributed by atoms with van der Waals surface area (Å²) in [6, 6.07) is 11.9. The van der Waals surface area contributed by atoms with Gasteiger partial charge in [-0.3, -0.25) is 14.4 Å². The van der Waals surface area contributed by atoms with Gasteiger partial charge in [0.1, 0.15) is 11.6 Å². The fraction of sp³-hybridized carbons (Fsp3) is 0.120. The van der Waals surface area contributed by atoms with Crippen LogP contribution in [-0.4, -0.2) is 37.4 Å². The smallest absolute Gasteiger partial charge is 0.338 e. The number of ether oxygens (including phenoxy) is 2. The SMILES string of the molecule is COc1cc(Cl)c(C)cc1NC(=O)COC(=O)c1ccc2c(c1)C(=O)N(c1ccc(F)cc1)C2=O. The topological polar surface area (TPSA) is 102 Å². The Labute approximate surface area is 204 Å². The van der Waals surface area contributed by atoms with Gasteiger partial charge < -0.3 is 14.8 Å². The lowest BCUT2D eigenvalue weighted by Gasteiger charge is -2.13. The summed E-state index contributed by atoms with van der Waals surface area (Å²) in [6.07, 6.45) is 0. The molecule has 0 bridgehead atoms. The number of halogens is 2. The van der Waals surface area contributed by atoms with Crippen LogP contribution in [0.15, 0.2) is 54.6 Å². The number of carbonyl (C=O) groups excluding carboxylic acids is 4. The lowest BCUT2D eigenvalue weighted by atomic mass is 10.1. The van der Waals surface area contributed by atoms with E-state index in [4.69, 9.17) is 21.1 Å². The number of hydrogen-bond donors (Lipinski definition) is 1. The van der Waals surface area contributed by atoms with Crippen LogP contribution >= 0.6 is 11.6 Å². The van der Waals surface area contributed by atoms with Crippen molar-refractivity contribution >= 4 is 46.7 Å². The first-order valence-corrected chi connectivity index (χ1v) is 10.7. The molecule has 0 spiro atoms. The monoisotopic (exact) mass is 496 g/mol. The first kappa shape index (κ1) is 23.9. The molecule has 1 N–H and O–H groups in total. The molecule has 1 aliphatic heterocycles. The number of methoxy groups -OCH3 is 1. The summed E-state index contributed by atoms with van der Waals surface area (Å²) < 4.78 is 23.5. The van der Waals surface area contributed by atoms with Gasteiger partial charge in [0, 0.05) is 11.1 Å². The van der Waals surface area contributed by atoms with E-state index in [-0.39, 0.29) is 22.4 Å². The molecule has 3 aromatic carbocycles. The van der Waals surface area contributed by atoms with E-state index in [0.29, 0.717) is 22.0 Å². The van der Waals surface area contributed by atoms with Crippen molar-refractivity contribution in [1.82, 2.24) is 0 Å². The highest BCUT2D eigenvalue weighted by Gasteiger charge is 2.37. The van der Waals surface area contributed by atoms with Crippen molar-refractivity contribution in [3.8, 4) is 5.75 Å². The van der Waals surface area contributed by atoms with Crippen LogP contribution in [0.1, 0.15) is 36.6 Å². The Morgan fingerprint density at radius 3 is 2.37 bits per heavy atom. The minimum Gasteiger partial charge on any atom is -0.495 e. The number of imide groups is 1. The molecule has 0 aliphatic carbocycles. The summed E-state index contributed by atoms with van der Waals surface area (Å²) in [5.74, 6) is -2.90. The molecule has 3 amide bonds. The van der Waals surface area contributed by atoms with E-state index in [1.54, 1.807) is 19.1 Å². The molecule has 1 aliphatic rings. The quantitative estimate of drug-likeness (QED) is 0.401. The van der Waals surface area contributed by atoms with Crippen LogP contribution < -0.4 is 15.0 Å². The molecule has 178 valence electrons. The zero-order valence-corrected chi connectivity index (χ0v) is 19.3. The molecule has 0 fully saturated rings. The first-order chi connectivity index (χ1) is 16.7. The number of nitrogens with zero attached hydrogens (tertiary/aromatic N) is 1. The number of fused-ring (bicyclic) bond motifs is 1. The van der Waals surface area contributed by atoms with Crippen molar-refractivity contribution in [3.05, 3.63) is 87.7 Å². The normalized spacial score (nSPS) is 12.4. The van der Waals surface area contributed by atoms with Crippen LogP contribution in [0.3, 0.4) is 0 Å². The third kappa shape index (κ3) is 4.71. The molecule has 3 aromatic rings. The maximum Gasteiger partial charge on any atom is 0.338 e. The van der Waals surface area contributed by atoms with Gasteiger partial charge in [0.15, 0.2) is 6.61 Å². The van der Waals surface area contributed by atoms with E-state index in [9.17, 15) is 23.6 Å². The van der Waals surface area contributed by atoms with Gasteiger partial charge in [-0.05, 0) is 61.0 Å². The van der Waals surface area contributed by atoms with E-state index >= 15 is 0 Å². The van der Waals surface area contributed by atoms with Crippen LogP contribution in [-0.2, 0) is 9.53 Å². The Morgan fingerprint density at radius 1 is 1.00 bits per heavy atom. The number of esters is 1. The Balaban J connectivity index is 1.45. The number of amides is 3. The summed E-state index contributed by atoms with van der Waals surface area (Å²) in [7, 11) is 1.42. The van der Waals surface area contributed by atoms with E-state index in [1.807, 2.05) is 0 Å². The van der Waals surface area contributed by atoms with Crippen LogP contribution in [0.5, 0.6) is 5.75 Å². The zero-order valence-electron chi connectivity index (χ0n) is 18.6. The highest BCUT2D eigenvalue weighted by molar-refractivity contribution is 6.34. The fourth-order valence-corrected chi connectivity index (χ4v) is 3.68. The molecule has 0 radical (unpaired) electrons. The first-order valence-electron chi connectivity index (χ1n) is 10.3. The fourth-order valence-electron chi connectivity index (χ4n) is 3.52. The second-order valence-electron chi connectivity index (χ2n) is 7.61. The Kier molecular flexibility index (Phi) is 6.52. The third-order valence-electron chi connectivity index (χ3n) is 5.30. The molecule has 8 nitrogen and oxygen atoms in total. The lowest BCUT2D eigenvalue weighted by Crippen LogP contribution is -2.29. The van der Waals surface area contributed by atoms with E-state index in [1.165, 1.54) is 37.4 Å². The molecule has 0 atom stereocenters. The average molecular weight is 497 g/mol. The molecule has 0 aromatic heterocycles. The van der Waals surface area contributed by atoms with Crippen molar-refractivity contribution < 1.29 is 33.0 Å². The molecule has 0 saturated heterocycles. The second-order valence-corrected chi connectivity index (χ2v) is 8.02. The van der Waals surface area contributed by atoms with Crippen LogP contribution in [0, 0.1) is 12.7 Å². The summed E-state index contributed by atoms with van der Waals surface area (Å²) >= 11 is 6.06. The number of anilines is 2. The molecule has 4 rings (SSSR count). The molecule has 35 heavy (non-hydrogen) atoms. The molecular formula is C25H18ClFN2O6. The highest BCUT2D eigenvalue weighted by atomic mass is 35.5. The van der Waals surface area contributed by atoms with Gasteiger partial charge in [-0.15, -0.1) is 0 Å². The van der Waals surface area contributed by atoms with Crippen molar-refractivity contribution in [2.45, 2.75) is 6.92 Å². The highest BCUT2D eigenvalue weighted by Crippen LogP contribution is 2.31. The maximum absolute atomic E-state index is 13.2. The molecular weight excluding hydrogens is 479 g/mol. The minimum atomic E-state index is -0.859. The predicted octanol–water partition coefficient (Wildman–Crippen LogP) is 4.39. The van der Waals surface area contributed by atoms with Gasteiger partial charge in [0.2, 0.25) is 0 Å². The Bertz CT molecular complexity index is 1370. The number of rotatable bonds is 6. The summed E-state index contributed by atoms with van der Waals surface area (Å²) in [4.78, 5) is 51.2. The van der Waals surface area contributed by atoms with Gasteiger partial charge >= 0.3 is 5.97 Å². The van der Waals surface area contributed by atoms with Crippen molar-refractivity contribution in [2.75, 3.05) is 23.9 Å². The largest absolute Gasteiger partial charge is 0.495 e. The predicted molar refractivity (Wildman–Crippen MR) is 126 cm³/mol. The van der Waals surface area contributed by atoms with Gasteiger partial charge in [-0.25, -0.2) is 14.1 Å². The second kappa shape index (κ2) is 9.55. The summed E-state index contributed by atoms with van der Waals surface area (Å²) in [5, 5.41) is 3.05. The van der Waals surface area contributed by atoms with Crippen LogP contribution in [0.2, 0.25) is 5.02 Å². The number of nitrogens with one attached hydrogen (secondary N) is 1. The number of benzene rings is 3. The van der Waals surface area contributed by atoms with Crippen LogP contribution in [0.4, 0.5) is 15.8 Å². The molecule has 1 heterocycles. The molecule has 0 unspecified atom stereocenters. The number of carbonyl (C=O) groups is 4. The Morgan fingerprint density at radius 2 is 1.69 bits per heavy atom. The molecule has 0 saturated carbocycles. The van der Waals surface area contributed by atoms with E-state index in [2.05, 4.69) is 5.32 Å². The Hall–Kier alpha value is -4.24. The maximum atomic E-state index is 13.2. The van der Waals surface area contributed by atoms with Gasteiger partial charge in [-0.2, -0.15) is 0 Å². The minimum absolute atomic E-state index is 0.000368. The van der Waals surface area contributed by atoms with Gasteiger partial charge in [0.05, 0.1) is 35.2 Å². The summed E-state index contributed by atoms with van der Waals surface area (Å²) in [6.45, 7) is 1.16.